The van der Waals surface area contributed by atoms with Gasteiger partial charge >= 0.3 is 0 Å². The first-order valence-electron chi connectivity index (χ1n) is 4.03. The summed E-state index contributed by atoms with van der Waals surface area (Å²) < 4.78 is 0. The molecule has 0 aliphatic rings. The van der Waals surface area contributed by atoms with Gasteiger partial charge in [0.2, 0.25) is 5.91 Å². The number of hydrogen-bond donors (Lipinski definition) is 3. The number of amides is 1. The first-order valence-corrected chi connectivity index (χ1v) is 4.67. The molecule has 1 unspecified atom stereocenters. The van der Waals surface area contributed by atoms with Crippen molar-refractivity contribution >= 4 is 18.5 Å². The van der Waals surface area contributed by atoms with E-state index in [0.717, 1.165) is 0 Å². The number of thiol groups is 1. The maximum absolute atomic E-state index is 11.3. The molecule has 0 saturated carbocycles. The van der Waals surface area contributed by atoms with E-state index in [4.69, 9.17) is 5.73 Å². The second-order valence-corrected chi connectivity index (χ2v) is 4.31. The standard InChI is InChI=1S/C8H18N2OS/c1-8(2,3)6(9)7(11)10-4-5-12/h6,12H,4-5,9H2,1-3H3,(H,10,11). The zero-order valence-electron chi connectivity index (χ0n) is 7.92. The molecular formula is C8H18N2OS. The molecule has 3 N–H and O–H groups in total. The molecule has 0 saturated heterocycles. The van der Waals surface area contributed by atoms with Crippen LogP contribution in [0.1, 0.15) is 20.8 Å². The molecule has 1 amide bonds. The highest BCUT2D eigenvalue weighted by atomic mass is 32.1. The van der Waals surface area contributed by atoms with Crippen LogP contribution in [0.5, 0.6) is 0 Å². The topological polar surface area (TPSA) is 55.1 Å². The fourth-order valence-corrected chi connectivity index (χ4v) is 0.794. The molecule has 1 atom stereocenters. The van der Waals surface area contributed by atoms with E-state index in [2.05, 4.69) is 17.9 Å². The second kappa shape index (κ2) is 4.72. The molecule has 0 spiro atoms. The molecular weight excluding hydrogens is 172 g/mol. The van der Waals surface area contributed by atoms with Gasteiger partial charge in [-0.25, -0.2) is 0 Å². The highest BCUT2D eigenvalue weighted by molar-refractivity contribution is 7.80. The minimum Gasteiger partial charge on any atom is -0.354 e. The minimum atomic E-state index is -0.447. The molecule has 0 bridgehead atoms. The Kier molecular flexibility index (Phi) is 4.63. The molecule has 4 heteroatoms. The summed E-state index contributed by atoms with van der Waals surface area (Å²) in [5.41, 5.74) is 5.52. The van der Waals surface area contributed by atoms with Crippen molar-refractivity contribution in [3.63, 3.8) is 0 Å². The number of nitrogens with two attached hydrogens (primary N) is 1. The quantitative estimate of drug-likeness (QED) is 0.564. The molecule has 0 radical (unpaired) electrons. The smallest absolute Gasteiger partial charge is 0.237 e. The van der Waals surface area contributed by atoms with E-state index in [1.54, 1.807) is 0 Å². The SMILES string of the molecule is CC(C)(C)C(N)C(=O)NCCS. The van der Waals surface area contributed by atoms with E-state index in [1.165, 1.54) is 0 Å². The lowest BCUT2D eigenvalue weighted by molar-refractivity contribution is -0.124. The van der Waals surface area contributed by atoms with Crippen molar-refractivity contribution < 1.29 is 4.79 Å². The van der Waals surface area contributed by atoms with Gasteiger partial charge in [0.15, 0.2) is 0 Å². The van der Waals surface area contributed by atoms with Crippen molar-refractivity contribution in [1.82, 2.24) is 5.32 Å². The predicted octanol–water partition coefficient (Wildman–Crippen LogP) is 0.406. The Morgan fingerprint density at radius 2 is 2.08 bits per heavy atom. The van der Waals surface area contributed by atoms with Crippen LogP contribution in [-0.2, 0) is 4.79 Å². The molecule has 0 rings (SSSR count). The van der Waals surface area contributed by atoms with Crippen LogP contribution in [0.15, 0.2) is 0 Å². The van der Waals surface area contributed by atoms with Crippen molar-refractivity contribution in [2.45, 2.75) is 26.8 Å². The highest BCUT2D eigenvalue weighted by Crippen LogP contribution is 2.16. The normalized spacial score (nSPS) is 14.1. The van der Waals surface area contributed by atoms with Gasteiger partial charge < -0.3 is 11.1 Å². The van der Waals surface area contributed by atoms with Gasteiger partial charge in [0.05, 0.1) is 6.04 Å². The third kappa shape index (κ3) is 3.97. The van der Waals surface area contributed by atoms with Gasteiger partial charge in [0.1, 0.15) is 0 Å². The van der Waals surface area contributed by atoms with Crippen LogP contribution in [0, 0.1) is 5.41 Å². The minimum absolute atomic E-state index is 0.100. The first kappa shape index (κ1) is 11.8. The molecule has 3 nitrogen and oxygen atoms in total. The first-order chi connectivity index (χ1) is 5.39. The Hall–Kier alpha value is -0.220. The third-order valence-corrected chi connectivity index (χ3v) is 1.85. The van der Waals surface area contributed by atoms with Crippen molar-refractivity contribution in [2.24, 2.45) is 11.1 Å². The monoisotopic (exact) mass is 190 g/mol. The molecule has 12 heavy (non-hydrogen) atoms. The summed E-state index contributed by atoms with van der Waals surface area (Å²) >= 11 is 3.98. The summed E-state index contributed by atoms with van der Waals surface area (Å²) in [5.74, 6) is 0.541. The summed E-state index contributed by atoms with van der Waals surface area (Å²) in [7, 11) is 0. The average Bonchev–Trinajstić information content (AvgIpc) is 1.97. The average molecular weight is 190 g/mol. The molecule has 72 valence electrons. The van der Waals surface area contributed by atoms with Gasteiger partial charge in [0, 0.05) is 12.3 Å². The van der Waals surface area contributed by atoms with Crippen LogP contribution in [0.3, 0.4) is 0 Å². The van der Waals surface area contributed by atoms with Gasteiger partial charge in [-0.05, 0) is 5.41 Å². The molecule has 0 aromatic rings. The van der Waals surface area contributed by atoms with Crippen molar-refractivity contribution in [3.8, 4) is 0 Å². The number of hydrogen-bond acceptors (Lipinski definition) is 3. The molecule has 0 fully saturated rings. The summed E-state index contributed by atoms with van der Waals surface area (Å²) in [4.78, 5) is 11.3. The molecule has 0 heterocycles. The molecule has 0 aliphatic carbocycles. The Balaban J connectivity index is 3.94. The number of carbonyl (C=O) groups excluding carboxylic acids is 1. The van der Waals surface area contributed by atoms with E-state index in [0.29, 0.717) is 12.3 Å². The van der Waals surface area contributed by atoms with E-state index in [-0.39, 0.29) is 11.3 Å². The van der Waals surface area contributed by atoms with Gasteiger partial charge in [0.25, 0.3) is 0 Å². The third-order valence-electron chi connectivity index (χ3n) is 1.63. The molecule has 0 aliphatic heterocycles. The van der Waals surface area contributed by atoms with Crippen LogP contribution in [0.2, 0.25) is 0 Å². The van der Waals surface area contributed by atoms with Crippen molar-refractivity contribution in [2.75, 3.05) is 12.3 Å². The zero-order chi connectivity index (χ0) is 9.78. The largest absolute Gasteiger partial charge is 0.354 e. The Morgan fingerprint density at radius 1 is 1.58 bits per heavy atom. The lowest BCUT2D eigenvalue weighted by atomic mass is 9.87. The van der Waals surface area contributed by atoms with Gasteiger partial charge in [-0.3, -0.25) is 4.79 Å². The number of rotatable bonds is 3. The van der Waals surface area contributed by atoms with Gasteiger partial charge in [-0.1, -0.05) is 20.8 Å². The lowest BCUT2D eigenvalue weighted by Crippen LogP contribution is -2.48. The van der Waals surface area contributed by atoms with Crippen LogP contribution in [0.25, 0.3) is 0 Å². The number of carbonyl (C=O) groups is 1. The summed E-state index contributed by atoms with van der Waals surface area (Å²) in [6, 6.07) is -0.447. The Bertz CT molecular complexity index is 154. The van der Waals surface area contributed by atoms with E-state index in [1.807, 2.05) is 20.8 Å². The Morgan fingerprint density at radius 3 is 2.42 bits per heavy atom. The maximum Gasteiger partial charge on any atom is 0.237 e. The fraction of sp³-hybridized carbons (Fsp3) is 0.875. The highest BCUT2D eigenvalue weighted by Gasteiger charge is 2.26. The fourth-order valence-electron chi connectivity index (χ4n) is 0.682. The number of nitrogens with one attached hydrogen (secondary N) is 1. The van der Waals surface area contributed by atoms with Gasteiger partial charge in [-0.2, -0.15) is 12.6 Å². The summed E-state index contributed by atoms with van der Waals surface area (Å²) in [5, 5.41) is 2.70. The van der Waals surface area contributed by atoms with Gasteiger partial charge in [-0.15, -0.1) is 0 Å². The van der Waals surface area contributed by atoms with Crippen molar-refractivity contribution in [1.29, 1.82) is 0 Å². The Labute approximate surface area is 79.5 Å². The van der Waals surface area contributed by atoms with E-state index in [9.17, 15) is 4.79 Å². The second-order valence-electron chi connectivity index (χ2n) is 3.86. The van der Waals surface area contributed by atoms with Crippen LogP contribution in [-0.4, -0.2) is 24.2 Å². The molecule has 0 aromatic carbocycles. The van der Waals surface area contributed by atoms with Crippen LogP contribution >= 0.6 is 12.6 Å². The van der Waals surface area contributed by atoms with E-state index >= 15 is 0 Å². The zero-order valence-corrected chi connectivity index (χ0v) is 8.82. The van der Waals surface area contributed by atoms with Crippen LogP contribution in [0.4, 0.5) is 0 Å². The lowest BCUT2D eigenvalue weighted by Gasteiger charge is -2.25. The maximum atomic E-state index is 11.3. The van der Waals surface area contributed by atoms with E-state index < -0.39 is 6.04 Å². The molecule has 0 aromatic heterocycles. The predicted molar refractivity (Wildman–Crippen MR) is 54.3 cm³/mol. The summed E-state index contributed by atoms with van der Waals surface area (Å²) in [6.45, 7) is 6.40. The summed E-state index contributed by atoms with van der Waals surface area (Å²) in [6.07, 6.45) is 0. The van der Waals surface area contributed by atoms with Crippen LogP contribution < -0.4 is 11.1 Å². The van der Waals surface area contributed by atoms with Crippen molar-refractivity contribution in [3.05, 3.63) is 0 Å².